The molecule has 134 valence electrons. The Labute approximate surface area is 148 Å². The third-order valence-corrected chi connectivity index (χ3v) is 4.43. The molecule has 0 spiro atoms. The normalized spacial score (nSPS) is 20.6. The van der Waals surface area contributed by atoms with Crippen LogP contribution < -0.4 is 5.32 Å². The summed E-state index contributed by atoms with van der Waals surface area (Å²) in [7, 11) is 0. The molecule has 6 heteroatoms. The number of ether oxygens (including phenoxy) is 1. The molecular formula is C18H26ClFN2O2. The lowest BCUT2D eigenvalue weighted by atomic mass is 9.79. The van der Waals surface area contributed by atoms with Crippen molar-refractivity contribution in [1.29, 1.82) is 0 Å². The summed E-state index contributed by atoms with van der Waals surface area (Å²) in [5, 5.41) is 3.52. The number of piperidine rings is 1. The van der Waals surface area contributed by atoms with Gasteiger partial charge in [0.2, 0.25) is 0 Å². The van der Waals surface area contributed by atoms with Crippen LogP contribution in [-0.4, -0.2) is 35.7 Å². The van der Waals surface area contributed by atoms with Gasteiger partial charge in [-0.25, -0.2) is 9.18 Å². The fourth-order valence-corrected chi connectivity index (χ4v) is 3.07. The predicted octanol–water partition coefficient (Wildman–Crippen LogP) is 4.93. The molecule has 4 nitrogen and oxygen atoms in total. The minimum Gasteiger partial charge on any atom is -0.444 e. The zero-order chi connectivity index (χ0) is 18.1. The highest BCUT2D eigenvalue weighted by molar-refractivity contribution is 6.31. The van der Waals surface area contributed by atoms with Gasteiger partial charge in [-0.05, 0) is 45.4 Å². The van der Waals surface area contributed by atoms with Gasteiger partial charge < -0.3 is 15.0 Å². The Morgan fingerprint density at radius 1 is 1.42 bits per heavy atom. The number of benzene rings is 1. The van der Waals surface area contributed by atoms with E-state index in [0.717, 1.165) is 12.1 Å². The first-order chi connectivity index (χ1) is 11.0. The fraction of sp³-hybridized carbons (Fsp3) is 0.611. The highest BCUT2D eigenvalue weighted by Crippen LogP contribution is 2.33. The molecule has 1 aromatic carbocycles. The molecule has 1 fully saturated rings. The van der Waals surface area contributed by atoms with E-state index in [-0.39, 0.29) is 22.6 Å². The maximum absolute atomic E-state index is 13.3. The standard InChI is InChI=1S/C18H26ClFN2O2/c1-17(2,3)24-16(23)22-9-8-15(18(4,5)11-22)21-12-6-7-14(20)13(19)10-12/h6-7,10,15,21H,8-9,11H2,1-5H3. The van der Waals surface area contributed by atoms with Crippen LogP contribution in [0.25, 0.3) is 0 Å². The van der Waals surface area contributed by atoms with Crippen LogP contribution in [0.3, 0.4) is 0 Å². The summed E-state index contributed by atoms with van der Waals surface area (Å²) in [6, 6.07) is 4.77. The van der Waals surface area contributed by atoms with Gasteiger partial charge in [0, 0.05) is 30.2 Å². The minimum atomic E-state index is -0.499. The zero-order valence-corrected chi connectivity index (χ0v) is 15.7. The lowest BCUT2D eigenvalue weighted by Gasteiger charge is -2.45. The van der Waals surface area contributed by atoms with E-state index in [9.17, 15) is 9.18 Å². The maximum Gasteiger partial charge on any atom is 0.410 e. The molecule has 0 saturated carbocycles. The van der Waals surface area contributed by atoms with E-state index in [1.54, 1.807) is 17.0 Å². The van der Waals surface area contributed by atoms with Gasteiger partial charge in [-0.1, -0.05) is 25.4 Å². The van der Waals surface area contributed by atoms with Crippen molar-refractivity contribution in [2.45, 2.75) is 52.7 Å². The Balaban J connectivity index is 2.03. The van der Waals surface area contributed by atoms with Crippen molar-refractivity contribution in [2.24, 2.45) is 5.41 Å². The summed E-state index contributed by atoms with van der Waals surface area (Å²) < 4.78 is 18.7. The van der Waals surface area contributed by atoms with Gasteiger partial charge in [-0.15, -0.1) is 0 Å². The Kier molecular flexibility index (Phi) is 5.33. The summed E-state index contributed by atoms with van der Waals surface area (Å²) in [5.74, 6) is -0.429. The molecular weight excluding hydrogens is 331 g/mol. The summed E-state index contributed by atoms with van der Waals surface area (Å²) in [6.45, 7) is 11.0. The maximum atomic E-state index is 13.3. The Morgan fingerprint density at radius 3 is 2.62 bits per heavy atom. The van der Waals surface area contributed by atoms with Gasteiger partial charge in [-0.2, -0.15) is 0 Å². The predicted molar refractivity (Wildman–Crippen MR) is 95.0 cm³/mol. The average molecular weight is 357 g/mol. The van der Waals surface area contributed by atoms with E-state index in [1.807, 2.05) is 20.8 Å². The third-order valence-electron chi connectivity index (χ3n) is 4.14. The van der Waals surface area contributed by atoms with Crippen LogP contribution in [0.1, 0.15) is 41.0 Å². The van der Waals surface area contributed by atoms with Crippen LogP contribution in [0.15, 0.2) is 18.2 Å². The molecule has 1 aliphatic rings. The molecule has 0 aliphatic carbocycles. The van der Waals surface area contributed by atoms with Crippen LogP contribution in [0.4, 0.5) is 14.9 Å². The Morgan fingerprint density at radius 2 is 2.08 bits per heavy atom. The number of halogens is 2. The SMILES string of the molecule is CC(C)(C)OC(=O)N1CCC(Nc2ccc(F)c(Cl)c2)C(C)(C)C1. The van der Waals surface area contributed by atoms with Crippen molar-refractivity contribution >= 4 is 23.4 Å². The number of hydrogen-bond donors (Lipinski definition) is 1. The number of carbonyl (C=O) groups excluding carboxylic acids is 1. The number of nitrogens with one attached hydrogen (secondary N) is 1. The Hall–Kier alpha value is -1.49. The summed E-state index contributed by atoms with van der Waals surface area (Å²) >= 11 is 5.84. The number of amides is 1. The molecule has 1 aromatic rings. The molecule has 1 heterocycles. The number of nitrogens with zero attached hydrogens (tertiary/aromatic N) is 1. The zero-order valence-electron chi connectivity index (χ0n) is 15.0. The number of rotatable bonds is 2. The fourth-order valence-electron chi connectivity index (χ4n) is 2.89. The number of anilines is 1. The summed E-state index contributed by atoms with van der Waals surface area (Å²) in [6.07, 6.45) is 0.500. The van der Waals surface area contributed by atoms with Crippen molar-refractivity contribution in [1.82, 2.24) is 4.90 Å². The largest absolute Gasteiger partial charge is 0.444 e. The van der Waals surface area contributed by atoms with E-state index >= 15 is 0 Å². The van der Waals surface area contributed by atoms with Gasteiger partial charge in [0.15, 0.2) is 0 Å². The van der Waals surface area contributed by atoms with E-state index in [0.29, 0.717) is 13.1 Å². The molecule has 1 saturated heterocycles. The van der Waals surface area contributed by atoms with Crippen LogP contribution in [0, 0.1) is 11.2 Å². The van der Waals surface area contributed by atoms with Crippen molar-refractivity contribution in [2.75, 3.05) is 18.4 Å². The Bertz CT molecular complexity index is 614. The quantitative estimate of drug-likeness (QED) is 0.817. The lowest BCUT2D eigenvalue weighted by Crippen LogP contribution is -2.54. The molecule has 2 rings (SSSR count). The number of likely N-dealkylation sites (tertiary alicyclic amines) is 1. The van der Waals surface area contributed by atoms with E-state index in [2.05, 4.69) is 19.2 Å². The molecule has 0 aromatic heterocycles. The first-order valence-corrected chi connectivity index (χ1v) is 8.55. The van der Waals surface area contributed by atoms with E-state index in [4.69, 9.17) is 16.3 Å². The van der Waals surface area contributed by atoms with Crippen LogP contribution in [0.5, 0.6) is 0 Å². The number of hydrogen-bond acceptors (Lipinski definition) is 3. The van der Waals surface area contributed by atoms with Gasteiger partial charge in [-0.3, -0.25) is 0 Å². The lowest BCUT2D eigenvalue weighted by molar-refractivity contribution is 0.00691. The smallest absolute Gasteiger partial charge is 0.410 e. The average Bonchev–Trinajstić information content (AvgIpc) is 2.42. The molecule has 24 heavy (non-hydrogen) atoms. The summed E-state index contributed by atoms with van der Waals surface area (Å²) in [5.41, 5.74) is 0.127. The highest BCUT2D eigenvalue weighted by Gasteiger charge is 2.38. The van der Waals surface area contributed by atoms with Crippen LogP contribution in [0.2, 0.25) is 5.02 Å². The van der Waals surface area contributed by atoms with Gasteiger partial charge in [0.05, 0.1) is 5.02 Å². The summed E-state index contributed by atoms with van der Waals surface area (Å²) in [4.78, 5) is 14.0. The second-order valence-corrected chi connectivity index (χ2v) is 8.41. The third kappa shape index (κ3) is 4.76. The molecule has 1 N–H and O–H groups in total. The minimum absolute atomic E-state index is 0.101. The van der Waals surface area contributed by atoms with E-state index < -0.39 is 11.4 Å². The molecule has 0 bridgehead atoms. The van der Waals surface area contributed by atoms with Gasteiger partial charge in [0.1, 0.15) is 11.4 Å². The topological polar surface area (TPSA) is 41.6 Å². The van der Waals surface area contributed by atoms with Crippen LogP contribution in [-0.2, 0) is 4.74 Å². The first-order valence-electron chi connectivity index (χ1n) is 8.17. The van der Waals surface area contributed by atoms with Crippen molar-refractivity contribution in [3.63, 3.8) is 0 Å². The van der Waals surface area contributed by atoms with E-state index in [1.165, 1.54) is 6.07 Å². The second kappa shape index (κ2) is 6.79. The van der Waals surface area contributed by atoms with Crippen molar-refractivity contribution < 1.29 is 13.9 Å². The molecule has 1 aliphatic heterocycles. The molecule has 1 unspecified atom stereocenters. The highest BCUT2D eigenvalue weighted by atomic mass is 35.5. The molecule has 1 amide bonds. The number of carbonyl (C=O) groups is 1. The molecule has 0 radical (unpaired) electrons. The van der Waals surface area contributed by atoms with Crippen molar-refractivity contribution in [3.05, 3.63) is 29.0 Å². The second-order valence-electron chi connectivity index (χ2n) is 8.00. The first kappa shape index (κ1) is 18.8. The van der Waals surface area contributed by atoms with Crippen LogP contribution >= 0.6 is 11.6 Å². The van der Waals surface area contributed by atoms with Gasteiger partial charge >= 0.3 is 6.09 Å². The molecule has 1 atom stereocenters. The van der Waals surface area contributed by atoms with Crippen molar-refractivity contribution in [3.8, 4) is 0 Å². The monoisotopic (exact) mass is 356 g/mol. The van der Waals surface area contributed by atoms with Gasteiger partial charge in [0.25, 0.3) is 0 Å².